The minimum atomic E-state index is 0.110. The Balaban J connectivity index is 1.15. The second-order valence-electron chi connectivity index (χ2n) is 16.1. The lowest BCUT2D eigenvalue weighted by Crippen LogP contribution is -2.41. The summed E-state index contributed by atoms with van der Waals surface area (Å²) in [7, 11) is 0. The largest absolute Gasteiger partial charge is 0.357 e. The Morgan fingerprint density at radius 3 is 2.53 bits per heavy atom. The second-order valence-corrected chi connectivity index (χ2v) is 16.1. The summed E-state index contributed by atoms with van der Waals surface area (Å²) in [6, 6.07) is 26.3. The van der Waals surface area contributed by atoms with Crippen LogP contribution in [0.5, 0.6) is 0 Å². The van der Waals surface area contributed by atoms with Crippen LogP contribution in [0.3, 0.4) is 0 Å². The number of hydrogen-bond acceptors (Lipinski definition) is 2. The third kappa shape index (κ3) is 4.94. The molecule has 0 saturated heterocycles. The third-order valence-corrected chi connectivity index (χ3v) is 12.2. The fourth-order valence-corrected chi connectivity index (χ4v) is 9.60. The lowest BCUT2D eigenvalue weighted by molar-refractivity contribution is 0.590. The van der Waals surface area contributed by atoms with Gasteiger partial charge in [-0.15, -0.1) is 0 Å². The maximum Gasteiger partial charge on any atom is 0.0586 e. The van der Waals surface area contributed by atoms with Gasteiger partial charge in [0.15, 0.2) is 0 Å². The van der Waals surface area contributed by atoms with E-state index in [1.165, 1.54) is 77.3 Å². The normalized spacial score (nSPS) is 23.2. The van der Waals surface area contributed by atoms with E-state index in [1.54, 1.807) is 0 Å². The van der Waals surface area contributed by atoms with Crippen LogP contribution in [0.1, 0.15) is 84.4 Å². The fraction of sp³-hybridized carbons (Fsp3) is 0.245. The predicted octanol–water partition coefficient (Wildman–Crippen LogP) is 11.7. The molecule has 2 nitrogen and oxygen atoms in total. The Morgan fingerprint density at radius 1 is 0.784 bits per heavy atom. The Kier molecular flexibility index (Phi) is 7.00. The number of aryl methyl sites for hydroxylation is 2. The fourth-order valence-electron chi connectivity index (χ4n) is 9.60. The van der Waals surface area contributed by atoms with Crippen molar-refractivity contribution in [2.45, 2.75) is 75.8 Å². The van der Waals surface area contributed by atoms with Gasteiger partial charge in [0.05, 0.1) is 12.1 Å². The molecule has 10 rings (SSSR count). The average molecular weight is 661 g/mol. The minimum Gasteiger partial charge on any atom is -0.357 e. The molecule has 51 heavy (non-hydrogen) atoms. The van der Waals surface area contributed by atoms with Crippen molar-refractivity contribution in [3.05, 3.63) is 179 Å². The SMILES string of the molecule is CC(C)(C)c1cc2c3c(ccc4c(C5=CC(N6c7ccccc7C7C=CC=CC76)CC=C5)cc(C5=CCC(c6cccnc6)C=C5)c(c43)CC2)c1. The van der Waals surface area contributed by atoms with Crippen molar-refractivity contribution in [3.63, 3.8) is 0 Å². The zero-order chi connectivity index (χ0) is 34.3. The monoisotopic (exact) mass is 660 g/mol. The molecule has 2 heteroatoms. The summed E-state index contributed by atoms with van der Waals surface area (Å²) >= 11 is 0. The summed E-state index contributed by atoms with van der Waals surface area (Å²) in [6.45, 7) is 7.02. The van der Waals surface area contributed by atoms with Gasteiger partial charge in [-0.1, -0.05) is 130 Å². The van der Waals surface area contributed by atoms with Gasteiger partial charge in [0.25, 0.3) is 0 Å². The molecule has 0 fully saturated rings. The topological polar surface area (TPSA) is 16.1 Å². The first-order valence-corrected chi connectivity index (χ1v) is 18.9. The maximum atomic E-state index is 4.41. The molecule has 0 saturated carbocycles. The van der Waals surface area contributed by atoms with E-state index >= 15 is 0 Å². The molecule has 0 N–H and O–H groups in total. The smallest absolute Gasteiger partial charge is 0.0586 e. The molecule has 2 heterocycles. The minimum absolute atomic E-state index is 0.110. The van der Waals surface area contributed by atoms with E-state index in [0.29, 0.717) is 17.9 Å². The zero-order valence-electron chi connectivity index (χ0n) is 29.8. The molecule has 4 aliphatic carbocycles. The van der Waals surface area contributed by atoms with E-state index in [1.807, 2.05) is 12.4 Å². The first-order valence-electron chi connectivity index (χ1n) is 18.9. The standard InChI is InChI=1S/C49H44N2/c1-49(2,3)37-26-34-21-23-41-43(32-19-17-31(18-20-32)36-11-9-25-50-30-36)29-44(42-24-22-35(27-37)47(34)48(41)42)33-10-8-12-38(28-33)51-45-15-6-4-13-39(45)40-14-5-7-16-46(40)51/h4-11,13-17,19-20,22,24-31,38-39,45H,12,18,21,23H2,1-3H3. The van der Waals surface area contributed by atoms with Gasteiger partial charge < -0.3 is 4.90 Å². The van der Waals surface area contributed by atoms with Gasteiger partial charge in [-0.25, -0.2) is 0 Å². The highest BCUT2D eigenvalue weighted by Gasteiger charge is 2.39. The van der Waals surface area contributed by atoms with Crippen LogP contribution in [-0.2, 0) is 18.3 Å². The first-order chi connectivity index (χ1) is 24.9. The number of pyridine rings is 1. The Labute approximate surface area is 301 Å². The molecule has 0 spiro atoms. The van der Waals surface area contributed by atoms with E-state index in [2.05, 4.69) is 158 Å². The van der Waals surface area contributed by atoms with Crippen LogP contribution in [-0.4, -0.2) is 17.1 Å². The van der Waals surface area contributed by atoms with Gasteiger partial charge in [0.1, 0.15) is 0 Å². The van der Waals surface area contributed by atoms with Gasteiger partial charge in [-0.05, 0) is 121 Å². The third-order valence-electron chi connectivity index (χ3n) is 12.2. The number of anilines is 1. The van der Waals surface area contributed by atoms with Gasteiger partial charge in [0, 0.05) is 29.9 Å². The van der Waals surface area contributed by atoms with Crippen molar-refractivity contribution >= 4 is 38.4 Å². The molecule has 0 amide bonds. The van der Waals surface area contributed by atoms with Crippen molar-refractivity contribution in [3.8, 4) is 0 Å². The van der Waals surface area contributed by atoms with Crippen molar-refractivity contribution in [2.24, 2.45) is 0 Å². The van der Waals surface area contributed by atoms with Crippen molar-refractivity contribution in [1.82, 2.24) is 4.98 Å². The van der Waals surface area contributed by atoms with E-state index in [9.17, 15) is 0 Å². The molecule has 4 atom stereocenters. The molecule has 1 aromatic heterocycles. The van der Waals surface area contributed by atoms with Gasteiger partial charge in [0.2, 0.25) is 0 Å². The number of fused-ring (bicyclic) bond motifs is 3. The van der Waals surface area contributed by atoms with Crippen molar-refractivity contribution in [2.75, 3.05) is 4.90 Å². The Bertz CT molecular complexity index is 2430. The quantitative estimate of drug-likeness (QED) is 0.178. The number of hydrogen-bond donors (Lipinski definition) is 0. The van der Waals surface area contributed by atoms with E-state index in [0.717, 1.165) is 25.7 Å². The highest BCUT2D eigenvalue weighted by atomic mass is 15.2. The highest BCUT2D eigenvalue weighted by Crippen LogP contribution is 2.48. The van der Waals surface area contributed by atoms with Crippen LogP contribution in [0.4, 0.5) is 5.69 Å². The van der Waals surface area contributed by atoms with Crippen molar-refractivity contribution < 1.29 is 0 Å². The molecule has 0 radical (unpaired) electrons. The van der Waals surface area contributed by atoms with E-state index in [-0.39, 0.29) is 11.5 Å². The van der Waals surface area contributed by atoms with Gasteiger partial charge >= 0.3 is 0 Å². The van der Waals surface area contributed by atoms with Crippen LogP contribution >= 0.6 is 0 Å². The number of nitrogens with zero attached hydrogens (tertiary/aromatic N) is 2. The number of rotatable bonds is 4. The summed E-state index contributed by atoms with van der Waals surface area (Å²) in [5, 5.41) is 5.69. The summed E-state index contributed by atoms with van der Waals surface area (Å²) < 4.78 is 0. The molecule has 5 aromatic rings. The number of allylic oxidation sites excluding steroid dienone is 8. The molecule has 1 aliphatic heterocycles. The highest BCUT2D eigenvalue weighted by molar-refractivity contribution is 6.16. The zero-order valence-corrected chi connectivity index (χ0v) is 29.8. The first kappa shape index (κ1) is 30.6. The molecule has 0 bridgehead atoms. The maximum absolute atomic E-state index is 4.41. The van der Waals surface area contributed by atoms with E-state index < -0.39 is 0 Å². The van der Waals surface area contributed by atoms with Crippen molar-refractivity contribution in [1.29, 1.82) is 0 Å². The molecule has 4 unspecified atom stereocenters. The molecule has 4 aromatic carbocycles. The molecule has 250 valence electrons. The van der Waals surface area contributed by atoms with Crippen LogP contribution in [0.2, 0.25) is 0 Å². The number of aromatic nitrogens is 1. The molecular formula is C49H44N2. The van der Waals surface area contributed by atoms with Crippen LogP contribution < -0.4 is 4.90 Å². The molecule has 5 aliphatic rings. The van der Waals surface area contributed by atoms with Crippen LogP contribution in [0.15, 0.2) is 140 Å². The van der Waals surface area contributed by atoms with Crippen LogP contribution in [0, 0.1) is 0 Å². The predicted molar refractivity (Wildman–Crippen MR) is 216 cm³/mol. The Morgan fingerprint density at radius 2 is 1.69 bits per heavy atom. The van der Waals surface area contributed by atoms with E-state index in [4.69, 9.17) is 0 Å². The Hall–Kier alpha value is -5.21. The average Bonchev–Trinajstić information content (AvgIpc) is 3.51. The summed E-state index contributed by atoms with van der Waals surface area (Å²) in [5.41, 5.74) is 14.1. The van der Waals surface area contributed by atoms with Gasteiger partial charge in [-0.2, -0.15) is 0 Å². The lowest BCUT2D eigenvalue weighted by atomic mass is 9.76. The summed E-state index contributed by atoms with van der Waals surface area (Å²) in [5.74, 6) is 0.768. The summed E-state index contributed by atoms with van der Waals surface area (Å²) in [6.07, 6.45) is 31.9. The lowest BCUT2D eigenvalue weighted by Gasteiger charge is -2.36. The summed E-state index contributed by atoms with van der Waals surface area (Å²) in [4.78, 5) is 7.10. The van der Waals surface area contributed by atoms with Crippen LogP contribution in [0.25, 0.3) is 32.7 Å². The molecular weight excluding hydrogens is 617 g/mol. The van der Waals surface area contributed by atoms with Gasteiger partial charge in [-0.3, -0.25) is 4.98 Å². The number of para-hydroxylation sites is 1. The number of benzene rings is 4. The second kappa shape index (κ2) is 11.7.